The Balaban J connectivity index is 2.47. The van der Waals surface area contributed by atoms with E-state index in [4.69, 9.17) is 4.74 Å². The van der Waals surface area contributed by atoms with Crippen molar-refractivity contribution in [2.75, 3.05) is 38.7 Å². The number of amides is 3. The Morgan fingerprint density at radius 1 is 1.48 bits per heavy atom. The first-order chi connectivity index (χ1) is 10.2. The van der Waals surface area contributed by atoms with Crippen LogP contribution in [0.4, 0.5) is 9.93 Å². The van der Waals surface area contributed by atoms with Gasteiger partial charge in [0.05, 0.1) is 6.61 Å². The molecule has 1 rings (SSSR count). The van der Waals surface area contributed by atoms with Gasteiger partial charge in [0.2, 0.25) is 5.91 Å². The van der Waals surface area contributed by atoms with E-state index in [1.54, 1.807) is 18.7 Å². The second-order valence-corrected chi connectivity index (χ2v) is 5.28. The summed E-state index contributed by atoms with van der Waals surface area (Å²) in [5.74, 6) is -0.272. The fourth-order valence-electron chi connectivity index (χ4n) is 1.56. The van der Waals surface area contributed by atoms with E-state index < -0.39 is 0 Å². The smallest absolute Gasteiger partial charge is 0.317 e. The van der Waals surface area contributed by atoms with Gasteiger partial charge in [-0.15, -0.1) is 11.3 Å². The number of rotatable bonds is 9. The van der Waals surface area contributed by atoms with E-state index in [0.29, 0.717) is 24.8 Å². The summed E-state index contributed by atoms with van der Waals surface area (Å²) in [4.78, 5) is 29.3. The first-order valence-corrected chi connectivity index (χ1v) is 7.76. The van der Waals surface area contributed by atoms with Crippen molar-refractivity contribution < 1.29 is 14.3 Å². The van der Waals surface area contributed by atoms with Gasteiger partial charge in [0, 0.05) is 31.8 Å². The summed E-state index contributed by atoms with van der Waals surface area (Å²) in [7, 11) is 1.56. The zero-order valence-corrected chi connectivity index (χ0v) is 13.2. The van der Waals surface area contributed by atoms with Crippen molar-refractivity contribution in [2.24, 2.45) is 0 Å². The van der Waals surface area contributed by atoms with Crippen molar-refractivity contribution >= 4 is 28.4 Å². The summed E-state index contributed by atoms with van der Waals surface area (Å²) in [5.41, 5.74) is 0. The van der Waals surface area contributed by atoms with Crippen LogP contribution in [0.1, 0.15) is 19.8 Å². The Kier molecular flexibility index (Phi) is 8.37. The van der Waals surface area contributed by atoms with E-state index in [1.165, 1.54) is 16.2 Å². The molecule has 0 atom stereocenters. The summed E-state index contributed by atoms with van der Waals surface area (Å²) >= 11 is 1.33. The van der Waals surface area contributed by atoms with Gasteiger partial charge >= 0.3 is 6.03 Å². The summed E-state index contributed by atoms with van der Waals surface area (Å²) in [6.07, 6.45) is 3.53. The third-order valence-electron chi connectivity index (χ3n) is 2.67. The van der Waals surface area contributed by atoms with Crippen molar-refractivity contribution in [3.05, 3.63) is 11.6 Å². The zero-order valence-electron chi connectivity index (χ0n) is 12.4. The largest absolute Gasteiger partial charge is 0.383 e. The van der Waals surface area contributed by atoms with Crippen molar-refractivity contribution in [1.82, 2.24) is 15.2 Å². The van der Waals surface area contributed by atoms with Crippen molar-refractivity contribution in [3.63, 3.8) is 0 Å². The maximum atomic E-state index is 12.0. The van der Waals surface area contributed by atoms with Crippen LogP contribution in [0.5, 0.6) is 0 Å². The molecule has 0 radical (unpaired) electrons. The number of nitrogens with zero attached hydrogens (tertiary/aromatic N) is 2. The van der Waals surface area contributed by atoms with E-state index in [-0.39, 0.29) is 18.5 Å². The highest BCUT2D eigenvalue weighted by molar-refractivity contribution is 7.13. The van der Waals surface area contributed by atoms with Crippen LogP contribution in [-0.2, 0) is 9.53 Å². The van der Waals surface area contributed by atoms with Gasteiger partial charge in [0.15, 0.2) is 5.13 Å². The molecule has 0 unspecified atom stereocenters. The number of carbonyl (C=O) groups is 2. The average Bonchev–Trinajstić information content (AvgIpc) is 2.96. The summed E-state index contributed by atoms with van der Waals surface area (Å²) in [5, 5.41) is 7.75. The van der Waals surface area contributed by atoms with Gasteiger partial charge in [-0.1, -0.05) is 13.3 Å². The number of unbranched alkanes of at least 4 members (excludes halogenated alkanes) is 1. The van der Waals surface area contributed by atoms with E-state index >= 15 is 0 Å². The number of thiazole rings is 1. The Morgan fingerprint density at radius 3 is 2.90 bits per heavy atom. The number of nitrogens with one attached hydrogen (secondary N) is 2. The molecule has 0 aliphatic rings. The van der Waals surface area contributed by atoms with Crippen molar-refractivity contribution in [1.29, 1.82) is 0 Å². The third-order valence-corrected chi connectivity index (χ3v) is 3.36. The molecule has 0 aromatic carbocycles. The van der Waals surface area contributed by atoms with Crippen molar-refractivity contribution in [2.45, 2.75) is 19.8 Å². The second-order valence-electron chi connectivity index (χ2n) is 4.39. The monoisotopic (exact) mass is 314 g/mol. The molecular weight excluding hydrogens is 292 g/mol. The van der Waals surface area contributed by atoms with Crippen LogP contribution in [0, 0.1) is 0 Å². The minimum absolute atomic E-state index is 0.0269. The van der Waals surface area contributed by atoms with Crippen LogP contribution in [-0.4, -0.2) is 55.2 Å². The van der Waals surface area contributed by atoms with Crippen LogP contribution in [0.25, 0.3) is 0 Å². The van der Waals surface area contributed by atoms with E-state index in [2.05, 4.69) is 22.5 Å². The highest BCUT2D eigenvalue weighted by Crippen LogP contribution is 2.09. The second kappa shape index (κ2) is 10.1. The maximum absolute atomic E-state index is 12.0. The molecule has 0 fully saturated rings. The van der Waals surface area contributed by atoms with Gasteiger partial charge in [-0.25, -0.2) is 9.78 Å². The van der Waals surface area contributed by atoms with Gasteiger partial charge in [0.25, 0.3) is 0 Å². The lowest BCUT2D eigenvalue weighted by Gasteiger charge is -2.22. The number of hydrogen-bond acceptors (Lipinski definition) is 5. The highest BCUT2D eigenvalue weighted by atomic mass is 32.1. The lowest BCUT2D eigenvalue weighted by atomic mass is 10.3. The molecule has 118 valence electrons. The number of urea groups is 1. The first kappa shape index (κ1) is 17.4. The van der Waals surface area contributed by atoms with Crippen LogP contribution in [0.3, 0.4) is 0 Å². The Morgan fingerprint density at radius 2 is 2.29 bits per heavy atom. The molecule has 0 saturated carbocycles. The van der Waals surface area contributed by atoms with Gasteiger partial charge in [-0.05, 0) is 6.42 Å². The Hall–Kier alpha value is -1.67. The number of hydrogen-bond donors (Lipinski definition) is 2. The number of aromatic nitrogens is 1. The van der Waals surface area contributed by atoms with Gasteiger partial charge in [-0.2, -0.15) is 0 Å². The number of carbonyl (C=O) groups excluding carboxylic acids is 2. The molecule has 0 saturated heterocycles. The first-order valence-electron chi connectivity index (χ1n) is 6.88. The Bertz CT molecular complexity index is 425. The van der Waals surface area contributed by atoms with E-state index in [1.807, 2.05) is 0 Å². The van der Waals surface area contributed by atoms with E-state index in [9.17, 15) is 9.59 Å². The highest BCUT2D eigenvalue weighted by Gasteiger charge is 2.17. The molecule has 7 nitrogen and oxygen atoms in total. The van der Waals surface area contributed by atoms with Crippen molar-refractivity contribution in [3.8, 4) is 0 Å². The minimum atomic E-state index is -0.272. The molecule has 0 aliphatic heterocycles. The lowest BCUT2D eigenvalue weighted by Crippen LogP contribution is -2.45. The molecule has 1 aromatic rings. The molecule has 0 aliphatic carbocycles. The molecule has 0 bridgehead atoms. The SMILES string of the molecule is CCCCNC(=O)N(CCOC)CC(=O)Nc1nccs1. The topological polar surface area (TPSA) is 83.6 Å². The molecule has 2 N–H and O–H groups in total. The number of ether oxygens (including phenoxy) is 1. The van der Waals surface area contributed by atoms with Crippen LogP contribution < -0.4 is 10.6 Å². The normalized spacial score (nSPS) is 10.2. The third kappa shape index (κ3) is 7.05. The molecule has 3 amide bonds. The molecule has 1 aromatic heterocycles. The maximum Gasteiger partial charge on any atom is 0.317 e. The molecule has 8 heteroatoms. The summed E-state index contributed by atoms with van der Waals surface area (Å²) < 4.78 is 4.97. The number of methoxy groups -OCH3 is 1. The molecule has 1 heterocycles. The predicted octanol–water partition coefficient (Wildman–Crippen LogP) is 1.54. The zero-order chi connectivity index (χ0) is 15.5. The standard InChI is InChI=1S/C13H22N4O3S/c1-3-4-5-15-13(19)17(7-8-20-2)10-11(18)16-12-14-6-9-21-12/h6,9H,3-5,7-8,10H2,1-2H3,(H,15,19)(H,14,16,18). The lowest BCUT2D eigenvalue weighted by molar-refractivity contribution is -0.116. The summed E-state index contributed by atoms with van der Waals surface area (Å²) in [6, 6.07) is -0.255. The van der Waals surface area contributed by atoms with Crippen LogP contribution in [0.15, 0.2) is 11.6 Å². The molecular formula is C13H22N4O3S. The fourth-order valence-corrected chi connectivity index (χ4v) is 2.10. The fraction of sp³-hybridized carbons (Fsp3) is 0.615. The quantitative estimate of drug-likeness (QED) is 0.677. The van der Waals surface area contributed by atoms with E-state index in [0.717, 1.165) is 12.8 Å². The van der Waals surface area contributed by atoms with Gasteiger partial charge in [0.1, 0.15) is 6.54 Å². The number of anilines is 1. The minimum Gasteiger partial charge on any atom is -0.383 e. The van der Waals surface area contributed by atoms with Gasteiger partial charge in [-0.3, -0.25) is 4.79 Å². The average molecular weight is 314 g/mol. The van der Waals surface area contributed by atoms with Crippen LogP contribution >= 0.6 is 11.3 Å². The molecule has 0 spiro atoms. The summed E-state index contributed by atoms with van der Waals surface area (Å²) in [6.45, 7) is 3.37. The predicted molar refractivity (Wildman–Crippen MR) is 82.5 cm³/mol. The molecule has 21 heavy (non-hydrogen) atoms. The Labute approximate surface area is 128 Å². The van der Waals surface area contributed by atoms with Crippen LogP contribution in [0.2, 0.25) is 0 Å². The van der Waals surface area contributed by atoms with Gasteiger partial charge < -0.3 is 20.3 Å².